The van der Waals surface area contributed by atoms with E-state index in [2.05, 4.69) is 5.32 Å². The number of hydrogen-bond donors (Lipinski definition) is 1. The summed E-state index contributed by atoms with van der Waals surface area (Å²) in [5.41, 5.74) is 0.244. The number of nitrogens with one attached hydrogen (secondary N) is 1. The number of hydrogen-bond acceptors (Lipinski definition) is 2. The van der Waals surface area contributed by atoms with Gasteiger partial charge in [0.25, 0.3) is 0 Å². The fraction of sp³-hybridized carbons (Fsp3) is 0.500. The summed E-state index contributed by atoms with van der Waals surface area (Å²) in [7, 11) is 0. The average Bonchev–Trinajstić information content (AvgIpc) is 2.32. The molecule has 18 heavy (non-hydrogen) atoms. The minimum Gasteiger partial charge on any atom is -0.314 e. The van der Waals surface area contributed by atoms with Crippen molar-refractivity contribution >= 4 is 11.6 Å². The Morgan fingerprint density at radius 3 is 2.17 bits per heavy atom. The topological polar surface area (TPSA) is 15.3 Å². The third kappa shape index (κ3) is 3.16. The van der Waals surface area contributed by atoms with Crippen LogP contribution in [-0.2, 0) is 0 Å². The maximum atomic E-state index is 13.2. The molecule has 2 rings (SSSR count). The predicted octanol–water partition coefficient (Wildman–Crippen LogP) is 2.85. The molecule has 0 amide bonds. The van der Waals surface area contributed by atoms with Crippen molar-refractivity contribution in [1.29, 1.82) is 0 Å². The van der Waals surface area contributed by atoms with E-state index >= 15 is 0 Å². The molecule has 1 fully saturated rings. The van der Waals surface area contributed by atoms with Crippen LogP contribution in [0.1, 0.15) is 11.6 Å². The molecule has 1 saturated heterocycles. The Morgan fingerprint density at radius 2 is 1.67 bits per heavy atom. The highest BCUT2D eigenvalue weighted by Gasteiger charge is 2.44. The number of alkyl halides is 3. The summed E-state index contributed by atoms with van der Waals surface area (Å²) in [6, 6.07) is 4.35. The number of benzene rings is 1. The second-order valence-electron chi connectivity index (χ2n) is 4.28. The van der Waals surface area contributed by atoms with Crippen LogP contribution in [0, 0.1) is 0 Å². The van der Waals surface area contributed by atoms with Gasteiger partial charge in [-0.1, -0.05) is 23.7 Å². The SMILES string of the molecule is FC(F)(F)[C@H](c1ccc(Cl)cc1)N1CCNCC1. The molecule has 0 radical (unpaired) electrons. The molecule has 1 aliphatic heterocycles. The first-order chi connectivity index (χ1) is 8.48. The molecule has 2 nitrogen and oxygen atoms in total. The van der Waals surface area contributed by atoms with Crippen LogP contribution in [0.15, 0.2) is 24.3 Å². The van der Waals surface area contributed by atoms with E-state index in [1.54, 1.807) is 0 Å². The molecule has 0 bridgehead atoms. The first-order valence-corrected chi connectivity index (χ1v) is 6.13. The van der Waals surface area contributed by atoms with E-state index in [4.69, 9.17) is 11.6 Å². The lowest BCUT2D eigenvalue weighted by Gasteiger charge is -2.36. The van der Waals surface area contributed by atoms with Crippen LogP contribution < -0.4 is 5.32 Å². The predicted molar refractivity (Wildman–Crippen MR) is 64.7 cm³/mol. The molecule has 0 saturated carbocycles. The van der Waals surface area contributed by atoms with Crippen molar-refractivity contribution < 1.29 is 13.2 Å². The molecule has 1 atom stereocenters. The van der Waals surface area contributed by atoms with Crippen LogP contribution in [0.3, 0.4) is 0 Å². The summed E-state index contributed by atoms with van der Waals surface area (Å²) < 4.78 is 39.6. The molecule has 6 heteroatoms. The maximum Gasteiger partial charge on any atom is 0.408 e. The minimum absolute atomic E-state index is 0.244. The standard InChI is InChI=1S/C12H14ClF3N2/c13-10-3-1-9(2-4-10)11(12(14,15)16)18-7-5-17-6-8-18/h1-4,11,17H,5-8H2/t11-/m0/s1. The highest BCUT2D eigenvalue weighted by Crippen LogP contribution is 2.38. The summed E-state index contributed by atoms with van der Waals surface area (Å²) in [5.74, 6) is 0. The van der Waals surface area contributed by atoms with Crippen LogP contribution in [-0.4, -0.2) is 37.3 Å². The Bertz CT molecular complexity index is 385. The lowest BCUT2D eigenvalue weighted by Crippen LogP contribution is -2.49. The normalized spacial score (nSPS) is 19.8. The fourth-order valence-corrected chi connectivity index (χ4v) is 2.32. The zero-order valence-electron chi connectivity index (χ0n) is 9.67. The van der Waals surface area contributed by atoms with E-state index in [0.717, 1.165) is 0 Å². The first-order valence-electron chi connectivity index (χ1n) is 5.75. The van der Waals surface area contributed by atoms with Crippen molar-refractivity contribution in [3.05, 3.63) is 34.9 Å². The van der Waals surface area contributed by atoms with E-state index < -0.39 is 12.2 Å². The van der Waals surface area contributed by atoms with Gasteiger partial charge in [0.05, 0.1) is 0 Å². The lowest BCUT2D eigenvalue weighted by atomic mass is 10.0. The van der Waals surface area contributed by atoms with E-state index in [1.165, 1.54) is 29.2 Å². The van der Waals surface area contributed by atoms with Crippen molar-refractivity contribution in [2.75, 3.05) is 26.2 Å². The number of rotatable bonds is 2. The summed E-state index contributed by atoms with van der Waals surface area (Å²) >= 11 is 5.71. The van der Waals surface area contributed by atoms with E-state index in [-0.39, 0.29) is 5.56 Å². The van der Waals surface area contributed by atoms with Crippen LogP contribution in [0.5, 0.6) is 0 Å². The first kappa shape index (κ1) is 13.6. The van der Waals surface area contributed by atoms with Gasteiger partial charge in [0.15, 0.2) is 0 Å². The van der Waals surface area contributed by atoms with Gasteiger partial charge in [0, 0.05) is 31.2 Å². The van der Waals surface area contributed by atoms with Gasteiger partial charge in [-0.25, -0.2) is 0 Å². The van der Waals surface area contributed by atoms with Crippen LogP contribution in [0.4, 0.5) is 13.2 Å². The fourth-order valence-electron chi connectivity index (χ4n) is 2.19. The zero-order chi connectivity index (χ0) is 13.2. The molecule has 1 aromatic rings. The molecule has 0 spiro atoms. The van der Waals surface area contributed by atoms with E-state index in [9.17, 15) is 13.2 Å². The van der Waals surface area contributed by atoms with Gasteiger partial charge < -0.3 is 5.32 Å². The quantitative estimate of drug-likeness (QED) is 0.895. The third-order valence-electron chi connectivity index (χ3n) is 3.01. The van der Waals surface area contributed by atoms with Gasteiger partial charge in [0.1, 0.15) is 6.04 Å². The molecule has 1 aromatic carbocycles. The average molecular weight is 279 g/mol. The summed E-state index contributed by atoms with van der Waals surface area (Å²) in [6.45, 7) is 1.96. The summed E-state index contributed by atoms with van der Waals surface area (Å²) in [5, 5.41) is 3.50. The maximum absolute atomic E-state index is 13.2. The molecule has 0 aromatic heterocycles. The molecule has 1 N–H and O–H groups in total. The molecule has 100 valence electrons. The zero-order valence-corrected chi connectivity index (χ0v) is 10.4. The van der Waals surface area contributed by atoms with E-state index in [1.807, 2.05) is 0 Å². The Morgan fingerprint density at radius 1 is 1.11 bits per heavy atom. The largest absolute Gasteiger partial charge is 0.408 e. The van der Waals surface area contributed by atoms with Crippen molar-refractivity contribution in [1.82, 2.24) is 10.2 Å². The highest BCUT2D eigenvalue weighted by atomic mass is 35.5. The molecular weight excluding hydrogens is 265 g/mol. The van der Waals surface area contributed by atoms with Gasteiger partial charge in [-0.15, -0.1) is 0 Å². The van der Waals surface area contributed by atoms with Crippen molar-refractivity contribution in [2.24, 2.45) is 0 Å². The Kier molecular flexibility index (Phi) is 4.14. The molecule has 0 unspecified atom stereocenters. The van der Waals surface area contributed by atoms with Crippen LogP contribution >= 0.6 is 11.6 Å². The van der Waals surface area contributed by atoms with Crippen molar-refractivity contribution in [3.8, 4) is 0 Å². The van der Waals surface area contributed by atoms with Gasteiger partial charge >= 0.3 is 6.18 Å². The van der Waals surface area contributed by atoms with Gasteiger partial charge in [0.2, 0.25) is 0 Å². The van der Waals surface area contributed by atoms with Gasteiger partial charge in [-0.2, -0.15) is 13.2 Å². The molecule has 1 heterocycles. The van der Waals surface area contributed by atoms with Gasteiger partial charge in [-0.05, 0) is 17.7 Å². The molecule has 0 aliphatic carbocycles. The number of halogens is 4. The summed E-state index contributed by atoms with van der Waals surface area (Å²) in [4.78, 5) is 1.46. The third-order valence-corrected chi connectivity index (χ3v) is 3.26. The van der Waals surface area contributed by atoms with Crippen molar-refractivity contribution in [2.45, 2.75) is 12.2 Å². The highest BCUT2D eigenvalue weighted by molar-refractivity contribution is 6.30. The lowest BCUT2D eigenvalue weighted by molar-refractivity contribution is -0.187. The molecular formula is C12H14ClF3N2. The molecule has 1 aliphatic rings. The number of nitrogens with zero attached hydrogens (tertiary/aromatic N) is 1. The minimum atomic E-state index is -4.27. The second-order valence-corrected chi connectivity index (χ2v) is 4.72. The van der Waals surface area contributed by atoms with Crippen molar-refractivity contribution in [3.63, 3.8) is 0 Å². The smallest absolute Gasteiger partial charge is 0.314 e. The number of piperazine rings is 1. The Balaban J connectivity index is 2.27. The van der Waals surface area contributed by atoms with Crippen LogP contribution in [0.25, 0.3) is 0 Å². The second kappa shape index (κ2) is 5.47. The van der Waals surface area contributed by atoms with Gasteiger partial charge in [-0.3, -0.25) is 4.90 Å². The Hall–Kier alpha value is -0.780. The Labute approximate surface area is 109 Å². The monoisotopic (exact) mass is 278 g/mol. The van der Waals surface area contributed by atoms with E-state index in [0.29, 0.717) is 31.2 Å². The summed E-state index contributed by atoms with van der Waals surface area (Å²) in [6.07, 6.45) is -4.27. The van der Waals surface area contributed by atoms with Crippen LogP contribution in [0.2, 0.25) is 5.02 Å².